The minimum absolute atomic E-state index is 0.0132. The first-order chi connectivity index (χ1) is 12.4. The summed E-state index contributed by atoms with van der Waals surface area (Å²) in [7, 11) is 0. The van der Waals surface area contributed by atoms with E-state index in [1.807, 2.05) is 32.0 Å². The van der Waals surface area contributed by atoms with Gasteiger partial charge in [-0.1, -0.05) is 11.6 Å². The fourth-order valence-corrected chi connectivity index (χ4v) is 3.91. The summed E-state index contributed by atoms with van der Waals surface area (Å²) < 4.78 is 0. The third-order valence-electron chi connectivity index (χ3n) is 5.16. The van der Waals surface area contributed by atoms with Crippen LogP contribution < -0.4 is 0 Å². The van der Waals surface area contributed by atoms with Crippen LogP contribution in [-0.2, 0) is 6.42 Å². The van der Waals surface area contributed by atoms with Crippen LogP contribution in [0.15, 0.2) is 24.3 Å². The Kier molecular flexibility index (Phi) is 4.25. The number of carbonyl (C=O) groups excluding carboxylic acids is 1. The fourth-order valence-electron chi connectivity index (χ4n) is 3.74. The van der Waals surface area contributed by atoms with Crippen LogP contribution in [0.5, 0.6) is 0 Å². The number of nitrogens with one attached hydrogen (secondary N) is 2. The first-order valence-electron chi connectivity index (χ1n) is 8.68. The van der Waals surface area contributed by atoms with Crippen molar-refractivity contribution in [2.75, 3.05) is 13.1 Å². The summed E-state index contributed by atoms with van der Waals surface area (Å²) in [5, 5.41) is 19.2. The number of halogens is 1. The van der Waals surface area contributed by atoms with Crippen LogP contribution in [0.4, 0.5) is 0 Å². The lowest BCUT2D eigenvalue weighted by molar-refractivity contribution is 0.0759. The van der Waals surface area contributed by atoms with E-state index in [9.17, 15) is 9.90 Å². The number of β-amino-alcohol motifs (C(OH)–C–C–N with tert-alkyl or cyclic N) is 1. The number of amides is 1. The van der Waals surface area contributed by atoms with Gasteiger partial charge >= 0.3 is 0 Å². The first-order valence-corrected chi connectivity index (χ1v) is 9.06. The largest absolute Gasteiger partial charge is 0.391 e. The number of aliphatic hydroxyl groups is 1. The highest BCUT2D eigenvalue weighted by Gasteiger charge is 2.35. The molecular formula is C19H21ClN4O2. The number of benzene rings is 1. The average Bonchev–Trinajstić information content (AvgIpc) is 3.27. The van der Waals surface area contributed by atoms with E-state index in [4.69, 9.17) is 11.6 Å². The number of aryl methyl sites for hydroxylation is 2. The van der Waals surface area contributed by atoms with Crippen LogP contribution in [0, 0.1) is 19.8 Å². The molecular weight excluding hydrogens is 352 g/mol. The third kappa shape index (κ3) is 2.99. The SMILES string of the molecule is Cc1cc(C[C@@H]2CN(C(=O)c3[nH]c4ccc(Cl)cc4c3C)C[C@@H]2O)n[nH]1. The van der Waals surface area contributed by atoms with Gasteiger partial charge in [0.2, 0.25) is 0 Å². The predicted octanol–water partition coefficient (Wildman–Crippen LogP) is 2.84. The number of fused-ring (bicyclic) bond motifs is 1. The van der Waals surface area contributed by atoms with Crippen molar-refractivity contribution >= 4 is 28.4 Å². The zero-order valence-corrected chi connectivity index (χ0v) is 15.5. The van der Waals surface area contributed by atoms with E-state index in [1.165, 1.54) is 0 Å². The van der Waals surface area contributed by atoms with Crippen LogP contribution in [-0.4, -0.2) is 50.3 Å². The van der Waals surface area contributed by atoms with Crippen molar-refractivity contribution in [3.63, 3.8) is 0 Å². The Morgan fingerprint density at radius 2 is 2.15 bits per heavy atom. The first kappa shape index (κ1) is 17.1. The van der Waals surface area contributed by atoms with E-state index in [0.29, 0.717) is 30.2 Å². The van der Waals surface area contributed by atoms with Crippen molar-refractivity contribution in [3.05, 3.63) is 51.9 Å². The van der Waals surface area contributed by atoms with E-state index in [1.54, 1.807) is 11.0 Å². The van der Waals surface area contributed by atoms with Crippen molar-refractivity contribution in [1.29, 1.82) is 0 Å². The highest BCUT2D eigenvalue weighted by Crippen LogP contribution is 2.28. The Morgan fingerprint density at radius 1 is 1.35 bits per heavy atom. The topological polar surface area (TPSA) is 85.0 Å². The molecule has 0 saturated carbocycles. The quantitative estimate of drug-likeness (QED) is 0.660. The van der Waals surface area contributed by atoms with Crippen LogP contribution in [0.25, 0.3) is 10.9 Å². The van der Waals surface area contributed by atoms with Crippen LogP contribution in [0.1, 0.15) is 27.4 Å². The molecule has 1 fully saturated rings. The summed E-state index contributed by atoms with van der Waals surface area (Å²) in [5.41, 5.74) is 4.24. The van der Waals surface area contributed by atoms with E-state index in [-0.39, 0.29) is 11.8 Å². The number of likely N-dealkylation sites (tertiary alicyclic amines) is 1. The summed E-state index contributed by atoms with van der Waals surface area (Å²) in [6.45, 7) is 4.71. The Balaban J connectivity index is 1.54. The smallest absolute Gasteiger partial charge is 0.270 e. The van der Waals surface area contributed by atoms with Gasteiger partial charge in [0, 0.05) is 40.6 Å². The average molecular weight is 373 g/mol. The number of hydrogen-bond acceptors (Lipinski definition) is 3. The maximum atomic E-state index is 13.0. The molecule has 1 aromatic carbocycles. The molecule has 7 heteroatoms. The van der Waals surface area contributed by atoms with Crippen LogP contribution in [0.2, 0.25) is 5.02 Å². The van der Waals surface area contributed by atoms with Gasteiger partial charge in [0.1, 0.15) is 5.69 Å². The van der Waals surface area contributed by atoms with Crippen molar-refractivity contribution in [2.24, 2.45) is 5.92 Å². The second kappa shape index (κ2) is 6.45. The number of aromatic amines is 2. The molecule has 26 heavy (non-hydrogen) atoms. The lowest BCUT2D eigenvalue weighted by Gasteiger charge is -2.15. The standard InChI is InChI=1S/C19H21ClN4O2/c1-10-5-14(23-22-10)6-12-8-24(9-17(12)25)19(26)18-11(2)15-7-13(20)3-4-16(15)21-18/h3-5,7,12,17,21,25H,6,8-9H2,1-2H3,(H,22,23)/t12-,17+/m1/s1. The van der Waals surface area contributed by atoms with Gasteiger partial charge < -0.3 is 15.0 Å². The van der Waals surface area contributed by atoms with E-state index in [2.05, 4.69) is 15.2 Å². The molecule has 2 aromatic heterocycles. The Morgan fingerprint density at radius 3 is 2.88 bits per heavy atom. The van der Waals surface area contributed by atoms with E-state index >= 15 is 0 Å². The van der Waals surface area contributed by atoms with Gasteiger partial charge in [0.15, 0.2) is 0 Å². The number of H-pyrrole nitrogens is 2. The van der Waals surface area contributed by atoms with Gasteiger partial charge in [-0.15, -0.1) is 0 Å². The monoisotopic (exact) mass is 372 g/mol. The number of aliphatic hydroxyl groups excluding tert-OH is 1. The highest BCUT2D eigenvalue weighted by atomic mass is 35.5. The van der Waals surface area contributed by atoms with E-state index < -0.39 is 6.10 Å². The van der Waals surface area contributed by atoms with Crippen LogP contribution in [0.3, 0.4) is 0 Å². The molecule has 1 saturated heterocycles. The fraction of sp³-hybridized carbons (Fsp3) is 0.368. The molecule has 0 unspecified atom stereocenters. The summed E-state index contributed by atoms with van der Waals surface area (Å²) >= 11 is 6.07. The molecule has 3 aromatic rings. The van der Waals surface area contributed by atoms with Crippen LogP contribution >= 0.6 is 11.6 Å². The second-order valence-corrected chi connectivity index (χ2v) is 7.54. The van der Waals surface area contributed by atoms with Gasteiger partial charge in [-0.25, -0.2) is 0 Å². The number of hydrogen-bond donors (Lipinski definition) is 3. The molecule has 1 aliphatic rings. The lowest BCUT2D eigenvalue weighted by atomic mass is 10.0. The highest BCUT2D eigenvalue weighted by molar-refractivity contribution is 6.31. The third-order valence-corrected chi connectivity index (χ3v) is 5.39. The Hall–Kier alpha value is -2.31. The molecule has 0 bridgehead atoms. The van der Waals surface area contributed by atoms with Gasteiger partial charge in [0.25, 0.3) is 5.91 Å². The molecule has 136 valence electrons. The zero-order chi connectivity index (χ0) is 18.4. The zero-order valence-electron chi connectivity index (χ0n) is 14.7. The Bertz CT molecular complexity index is 977. The molecule has 3 heterocycles. The van der Waals surface area contributed by atoms with Gasteiger partial charge in [0.05, 0.1) is 11.8 Å². The van der Waals surface area contributed by atoms with Crippen molar-refractivity contribution in [1.82, 2.24) is 20.1 Å². The number of carbonyl (C=O) groups is 1. The number of nitrogens with zero attached hydrogens (tertiary/aromatic N) is 2. The number of aromatic nitrogens is 3. The molecule has 1 aliphatic heterocycles. The molecule has 1 amide bonds. The normalized spacial score (nSPS) is 20.2. The van der Waals surface area contributed by atoms with Gasteiger partial charge in [-0.05, 0) is 50.1 Å². The minimum Gasteiger partial charge on any atom is -0.391 e. The molecule has 0 aliphatic carbocycles. The molecule has 0 radical (unpaired) electrons. The maximum Gasteiger partial charge on any atom is 0.270 e. The molecule has 6 nitrogen and oxygen atoms in total. The predicted molar refractivity (Wildman–Crippen MR) is 100 cm³/mol. The number of rotatable bonds is 3. The molecule has 3 N–H and O–H groups in total. The van der Waals surface area contributed by atoms with Crippen molar-refractivity contribution in [2.45, 2.75) is 26.4 Å². The Labute approximate surface area is 156 Å². The summed E-state index contributed by atoms with van der Waals surface area (Å²) in [4.78, 5) is 17.9. The maximum absolute atomic E-state index is 13.0. The summed E-state index contributed by atoms with van der Waals surface area (Å²) in [5.74, 6) is -0.102. The molecule has 0 spiro atoms. The van der Waals surface area contributed by atoms with E-state index in [0.717, 1.165) is 27.9 Å². The molecule has 2 atom stereocenters. The van der Waals surface area contributed by atoms with Gasteiger partial charge in [-0.3, -0.25) is 9.89 Å². The lowest BCUT2D eigenvalue weighted by Crippen LogP contribution is -2.30. The van der Waals surface area contributed by atoms with Crippen molar-refractivity contribution in [3.8, 4) is 0 Å². The van der Waals surface area contributed by atoms with Gasteiger partial charge in [-0.2, -0.15) is 5.10 Å². The van der Waals surface area contributed by atoms with Crippen molar-refractivity contribution < 1.29 is 9.90 Å². The molecule has 4 rings (SSSR count). The second-order valence-electron chi connectivity index (χ2n) is 7.10. The minimum atomic E-state index is -0.546. The summed E-state index contributed by atoms with van der Waals surface area (Å²) in [6.07, 6.45) is 0.103. The summed E-state index contributed by atoms with van der Waals surface area (Å²) in [6, 6.07) is 7.52.